The third kappa shape index (κ3) is 3.91. The van der Waals surface area contributed by atoms with E-state index in [0.717, 1.165) is 0 Å². The molecule has 2 aromatic rings. The second-order valence-corrected chi connectivity index (χ2v) is 4.05. The number of hydrogen-bond donors (Lipinski definition) is 1. The number of furan rings is 1. The minimum absolute atomic E-state index is 0.345. The van der Waals surface area contributed by atoms with Gasteiger partial charge in [-0.1, -0.05) is 0 Å². The molecule has 0 saturated heterocycles. The van der Waals surface area contributed by atoms with E-state index < -0.39 is 5.91 Å². The Morgan fingerprint density at radius 1 is 1.30 bits per heavy atom. The van der Waals surface area contributed by atoms with Crippen LogP contribution < -0.4 is 5.43 Å². The van der Waals surface area contributed by atoms with Crippen LogP contribution in [-0.2, 0) is 0 Å². The van der Waals surface area contributed by atoms with E-state index >= 15 is 0 Å². The van der Waals surface area contributed by atoms with E-state index in [1.165, 1.54) is 24.3 Å². The Labute approximate surface area is 115 Å². The average molecular weight is 272 g/mol. The first-order valence-electron chi connectivity index (χ1n) is 5.97. The lowest BCUT2D eigenvalue weighted by molar-refractivity contribution is 0.0955. The van der Waals surface area contributed by atoms with E-state index in [9.17, 15) is 9.18 Å². The quantitative estimate of drug-likeness (QED) is 0.686. The third-order valence-electron chi connectivity index (χ3n) is 2.47. The monoisotopic (exact) mass is 272 g/mol. The second-order valence-electron chi connectivity index (χ2n) is 4.05. The number of amides is 1. The highest BCUT2D eigenvalue weighted by Crippen LogP contribution is 2.03. The smallest absolute Gasteiger partial charge is 0.271 e. The number of rotatable bonds is 4. The van der Waals surface area contributed by atoms with E-state index in [2.05, 4.69) is 10.5 Å². The Balaban J connectivity index is 1.94. The highest BCUT2D eigenvalue weighted by atomic mass is 19.1. The maximum Gasteiger partial charge on any atom is 0.271 e. The van der Waals surface area contributed by atoms with Crippen molar-refractivity contribution in [2.45, 2.75) is 6.92 Å². The number of benzene rings is 1. The van der Waals surface area contributed by atoms with E-state index in [4.69, 9.17) is 4.42 Å². The number of carbonyl (C=O) groups excluding carboxylic acids is 1. The van der Waals surface area contributed by atoms with Crippen LogP contribution in [0.5, 0.6) is 0 Å². The predicted molar refractivity (Wildman–Crippen MR) is 74.7 cm³/mol. The van der Waals surface area contributed by atoms with Gasteiger partial charge in [0.2, 0.25) is 0 Å². The molecule has 20 heavy (non-hydrogen) atoms. The molecule has 0 aliphatic carbocycles. The molecule has 0 unspecified atom stereocenters. The van der Waals surface area contributed by atoms with E-state index in [1.54, 1.807) is 37.5 Å². The largest absolute Gasteiger partial charge is 0.465 e. The summed E-state index contributed by atoms with van der Waals surface area (Å²) in [6.45, 7) is 1.74. The molecule has 1 aromatic heterocycles. The summed E-state index contributed by atoms with van der Waals surface area (Å²) >= 11 is 0. The maximum atomic E-state index is 12.7. The number of nitrogens with zero attached hydrogens (tertiary/aromatic N) is 1. The van der Waals surface area contributed by atoms with Crippen LogP contribution in [0.3, 0.4) is 0 Å². The Kier molecular flexibility index (Phi) is 4.44. The van der Waals surface area contributed by atoms with Crippen molar-refractivity contribution >= 4 is 17.7 Å². The Morgan fingerprint density at radius 3 is 2.70 bits per heavy atom. The first-order valence-corrected chi connectivity index (χ1v) is 5.97. The lowest BCUT2D eigenvalue weighted by Crippen LogP contribution is -2.18. The van der Waals surface area contributed by atoms with E-state index in [-0.39, 0.29) is 5.82 Å². The summed E-state index contributed by atoms with van der Waals surface area (Å²) in [7, 11) is 0. The summed E-state index contributed by atoms with van der Waals surface area (Å²) in [5.74, 6) is -0.0808. The van der Waals surface area contributed by atoms with Crippen LogP contribution in [0, 0.1) is 5.82 Å². The van der Waals surface area contributed by atoms with Gasteiger partial charge in [-0.05, 0) is 55.5 Å². The average Bonchev–Trinajstić information content (AvgIpc) is 2.96. The molecule has 1 heterocycles. The summed E-state index contributed by atoms with van der Waals surface area (Å²) < 4.78 is 17.8. The van der Waals surface area contributed by atoms with Crippen molar-refractivity contribution < 1.29 is 13.6 Å². The van der Waals surface area contributed by atoms with Crippen LogP contribution >= 0.6 is 0 Å². The van der Waals surface area contributed by atoms with Gasteiger partial charge < -0.3 is 4.42 Å². The number of halogens is 1. The van der Waals surface area contributed by atoms with Gasteiger partial charge in [0.1, 0.15) is 11.6 Å². The predicted octanol–water partition coefficient (Wildman–Crippen LogP) is 3.24. The summed E-state index contributed by atoms with van der Waals surface area (Å²) in [6.07, 6.45) is 5.02. The molecule has 0 bridgehead atoms. The molecule has 1 aromatic carbocycles. The van der Waals surface area contributed by atoms with Gasteiger partial charge in [0.05, 0.1) is 12.0 Å². The normalized spacial score (nSPS) is 11.8. The van der Waals surface area contributed by atoms with Crippen molar-refractivity contribution in [3.63, 3.8) is 0 Å². The standard InChI is InChI=1S/C15H13FN2O2/c1-11(4-9-14-3-2-10-20-14)17-18-15(19)12-5-7-13(16)8-6-12/h2-10H,1H3,(H,18,19)/b9-4+,17-11+. The van der Waals surface area contributed by atoms with Crippen molar-refractivity contribution in [1.82, 2.24) is 5.43 Å². The topological polar surface area (TPSA) is 54.6 Å². The lowest BCUT2D eigenvalue weighted by atomic mass is 10.2. The third-order valence-corrected chi connectivity index (χ3v) is 2.47. The van der Waals surface area contributed by atoms with Crippen molar-refractivity contribution in [2.75, 3.05) is 0 Å². The van der Waals surface area contributed by atoms with E-state index in [0.29, 0.717) is 17.0 Å². The van der Waals surface area contributed by atoms with Crippen LogP contribution in [0.25, 0.3) is 6.08 Å². The first kappa shape index (κ1) is 13.7. The fourth-order valence-corrected chi connectivity index (χ4v) is 1.43. The molecule has 0 fully saturated rings. The van der Waals surface area contributed by atoms with Gasteiger partial charge in [-0.15, -0.1) is 0 Å². The molecular weight excluding hydrogens is 259 g/mol. The summed E-state index contributed by atoms with van der Waals surface area (Å²) in [6, 6.07) is 8.83. The van der Waals surface area contributed by atoms with Crippen molar-refractivity contribution in [2.24, 2.45) is 5.10 Å². The molecule has 0 spiro atoms. The van der Waals surface area contributed by atoms with Gasteiger partial charge >= 0.3 is 0 Å². The molecule has 0 radical (unpaired) electrons. The molecule has 0 aliphatic rings. The Hall–Kier alpha value is -2.69. The zero-order valence-corrected chi connectivity index (χ0v) is 10.8. The zero-order chi connectivity index (χ0) is 14.4. The van der Waals surface area contributed by atoms with Gasteiger partial charge in [0.15, 0.2) is 0 Å². The Bertz CT molecular complexity index is 628. The van der Waals surface area contributed by atoms with Crippen LogP contribution in [0.4, 0.5) is 4.39 Å². The van der Waals surface area contributed by atoms with Gasteiger partial charge in [0.25, 0.3) is 5.91 Å². The fourth-order valence-electron chi connectivity index (χ4n) is 1.43. The van der Waals surface area contributed by atoms with Gasteiger partial charge in [-0.25, -0.2) is 9.82 Å². The van der Waals surface area contributed by atoms with Crippen molar-refractivity contribution in [1.29, 1.82) is 0 Å². The number of hydrogen-bond acceptors (Lipinski definition) is 3. The molecule has 1 amide bonds. The fraction of sp³-hybridized carbons (Fsp3) is 0.0667. The second kappa shape index (κ2) is 6.47. The lowest BCUT2D eigenvalue weighted by Gasteiger charge is -2.00. The number of carbonyl (C=O) groups is 1. The van der Waals surface area contributed by atoms with E-state index in [1.807, 2.05) is 0 Å². The van der Waals surface area contributed by atoms with Crippen molar-refractivity contribution in [3.05, 3.63) is 65.9 Å². The molecule has 0 atom stereocenters. The molecular formula is C15H13FN2O2. The summed E-state index contributed by atoms with van der Waals surface area (Å²) in [5, 5.41) is 3.92. The van der Waals surface area contributed by atoms with Crippen LogP contribution in [0.1, 0.15) is 23.0 Å². The molecule has 4 nitrogen and oxygen atoms in total. The molecule has 0 aliphatic heterocycles. The first-order chi connectivity index (χ1) is 9.65. The zero-order valence-electron chi connectivity index (χ0n) is 10.8. The van der Waals surface area contributed by atoms with Gasteiger partial charge in [-0.3, -0.25) is 4.79 Å². The van der Waals surface area contributed by atoms with Crippen LogP contribution in [0.15, 0.2) is 58.3 Å². The SMILES string of the molecule is CC(/C=C/c1ccco1)=N\NC(=O)c1ccc(F)cc1. The number of nitrogens with one attached hydrogen (secondary N) is 1. The molecule has 1 N–H and O–H groups in total. The van der Waals surface area contributed by atoms with Gasteiger partial charge in [-0.2, -0.15) is 5.10 Å². The number of hydrazone groups is 1. The molecule has 102 valence electrons. The van der Waals surface area contributed by atoms with Gasteiger partial charge in [0, 0.05) is 5.56 Å². The highest BCUT2D eigenvalue weighted by Gasteiger charge is 2.03. The van der Waals surface area contributed by atoms with Crippen LogP contribution in [-0.4, -0.2) is 11.6 Å². The molecule has 2 rings (SSSR count). The summed E-state index contributed by atoms with van der Waals surface area (Å²) in [4.78, 5) is 11.7. The van der Waals surface area contributed by atoms with Crippen molar-refractivity contribution in [3.8, 4) is 0 Å². The summed E-state index contributed by atoms with van der Waals surface area (Å²) in [5.41, 5.74) is 3.35. The number of allylic oxidation sites excluding steroid dienone is 1. The minimum atomic E-state index is -0.393. The molecule has 5 heteroatoms. The maximum absolute atomic E-state index is 12.7. The van der Waals surface area contributed by atoms with Crippen LogP contribution in [0.2, 0.25) is 0 Å². The minimum Gasteiger partial charge on any atom is -0.465 e. The molecule has 0 saturated carbocycles. The highest BCUT2D eigenvalue weighted by molar-refractivity contribution is 5.99. The Morgan fingerprint density at radius 2 is 2.05 bits per heavy atom.